The van der Waals surface area contributed by atoms with E-state index < -0.39 is 0 Å². The number of benzene rings is 1. The van der Waals surface area contributed by atoms with Gasteiger partial charge in [0.25, 0.3) is 5.91 Å². The molecule has 1 saturated heterocycles. The van der Waals surface area contributed by atoms with Crippen LogP contribution in [-0.4, -0.2) is 48.4 Å². The highest BCUT2D eigenvalue weighted by Gasteiger charge is 2.23. The number of nitrogens with zero attached hydrogens (tertiary/aromatic N) is 1. The van der Waals surface area contributed by atoms with Crippen LogP contribution in [0.3, 0.4) is 0 Å². The monoisotopic (exact) mass is 330 g/mol. The molecule has 1 aromatic rings. The van der Waals surface area contributed by atoms with Crippen LogP contribution in [0.25, 0.3) is 0 Å². The fraction of sp³-hybridized carbons (Fsp3) is 0.471. The molecule has 128 valence electrons. The normalized spacial score (nSPS) is 16.6. The Morgan fingerprint density at radius 3 is 2.33 bits per heavy atom. The molecule has 1 aliphatic heterocycles. The summed E-state index contributed by atoms with van der Waals surface area (Å²) in [5.41, 5.74) is 1.08. The van der Waals surface area contributed by atoms with E-state index in [2.05, 4.69) is 16.0 Å². The fourth-order valence-electron chi connectivity index (χ4n) is 2.62. The van der Waals surface area contributed by atoms with Gasteiger partial charge in [0, 0.05) is 30.4 Å². The molecule has 24 heavy (non-hydrogen) atoms. The van der Waals surface area contributed by atoms with Crippen molar-refractivity contribution in [2.45, 2.75) is 31.7 Å². The van der Waals surface area contributed by atoms with E-state index in [4.69, 9.17) is 0 Å². The molecule has 0 atom stereocenters. The number of likely N-dealkylation sites (tertiary alicyclic amines) is 1. The Bertz CT molecular complexity index is 619. The number of anilines is 1. The van der Waals surface area contributed by atoms with Crippen LogP contribution in [0.1, 0.15) is 36.0 Å². The molecule has 0 aromatic heterocycles. The number of hydrogen-bond donors (Lipinski definition) is 3. The van der Waals surface area contributed by atoms with Crippen LogP contribution in [0.2, 0.25) is 0 Å². The summed E-state index contributed by atoms with van der Waals surface area (Å²) in [7, 11) is 0. The van der Waals surface area contributed by atoms with Gasteiger partial charge in [0.05, 0.1) is 6.54 Å². The van der Waals surface area contributed by atoms with Crippen molar-refractivity contribution in [1.29, 1.82) is 0 Å². The van der Waals surface area contributed by atoms with Gasteiger partial charge in [-0.2, -0.15) is 0 Å². The van der Waals surface area contributed by atoms with Crippen LogP contribution < -0.4 is 16.0 Å². The minimum Gasteiger partial charge on any atom is -0.343 e. The van der Waals surface area contributed by atoms with Gasteiger partial charge in [-0.05, 0) is 49.9 Å². The van der Waals surface area contributed by atoms with Crippen LogP contribution in [-0.2, 0) is 4.79 Å². The Morgan fingerprint density at radius 2 is 1.71 bits per heavy atom. The number of amides is 4. The van der Waals surface area contributed by atoms with E-state index in [0.717, 1.165) is 38.8 Å². The minimum atomic E-state index is -0.295. The Labute approximate surface area is 140 Å². The molecular formula is C17H22N4O3. The smallest absolute Gasteiger partial charge is 0.319 e. The molecule has 1 heterocycles. The van der Waals surface area contributed by atoms with Crippen molar-refractivity contribution in [3.8, 4) is 0 Å². The summed E-state index contributed by atoms with van der Waals surface area (Å²) in [6, 6.07) is 6.66. The molecule has 2 fully saturated rings. The van der Waals surface area contributed by atoms with Crippen molar-refractivity contribution >= 4 is 23.5 Å². The lowest BCUT2D eigenvalue weighted by Crippen LogP contribution is -2.38. The number of urea groups is 1. The van der Waals surface area contributed by atoms with Crippen molar-refractivity contribution in [1.82, 2.24) is 15.5 Å². The first-order valence-corrected chi connectivity index (χ1v) is 8.35. The molecule has 0 radical (unpaired) electrons. The van der Waals surface area contributed by atoms with Gasteiger partial charge in [-0.1, -0.05) is 0 Å². The highest BCUT2D eigenvalue weighted by molar-refractivity contribution is 5.97. The van der Waals surface area contributed by atoms with Gasteiger partial charge in [-0.15, -0.1) is 0 Å². The molecule has 4 amide bonds. The predicted octanol–water partition coefficient (Wildman–Crippen LogP) is 1.32. The molecule has 1 aliphatic carbocycles. The largest absolute Gasteiger partial charge is 0.343 e. The Kier molecular flexibility index (Phi) is 4.98. The maximum absolute atomic E-state index is 12.1. The maximum Gasteiger partial charge on any atom is 0.319 e. The number of carbonyl (C=O) groups is 3. The molecule has 7 heteroatoms. The zero-order chi connectivity index (χ0) is 16.9. The molecule has 7 nitrogen and oxygen atoms in total. The van der Waals surface area contributed by atoms with Crippen molar-refractivity contribution in [3.63, 3.8) is 0 Å². The first-order valence-electron chi connectivity index (χ1n) is 8.35. The van der Waals surface area contributed by atoms with Gasteiger partial charge in [0.2, 0.25) is 5.91 Å². The first kappa shape index (κ1) is 16.3. The molecule has 1 aromatic carbocycles. The van der Waals surface area contributed by atoms with E-state index >= 15 is 0 Å². The third kappa shape index (κ3) is 4.47. The lowest BCUT2D eigenvalue weighted by atomic mass is 10.2. The molecule has 0 unspecified atom stereocenters. The van der Waals surface area contributed by atoms with Crippen LogP contribution in [0, 0.1) is 0 Å². The minimum absolute atomic E-state index is 0.0165. The van der Waals surface area contributed by atoms with Gasteiger partial charge in [0.1, 0.15) is 0 Å². The second kappa shape index (κ2) is 7.33. The van der Waals surface area contributed by atoms with Gasteiger partial charge in [0.15, 0.2) is 0 Å². The van der Waals surface area contributed by atoms with Crippen molar-refractivity contribution in [2.75, 3.05) is 25.0 Å². The average Bonchev–Trinajstić information content (AvgIpc) is 3.21. The standard InChI is InChI=1S/C17H22N4O3/c22-15(21-9-1-2-10-21)11-18-16(23)12-3-5-13(6-4-12)19-17(24)20-14-7-8-14/h3-6,14H,1-2,7-11H2,(H,18,23)(H2,19,20,24). The quantitative estimate of drug-likeness (QED) is 0.760. The second-order valence-electron chi connectivity index (χ2n) is 6.22. The number of carbonyl (C=O) groups excluding carboxylic acids is 3. The van der Waals surface area contributed by atoms with Gasteiger partial charge in [-0.25, -0.2) is 4.79 Å². The predicted molar refractivity (Wildman–Crippen MR) is 89.8 cm³/mol. The third-order valence-electron chi connectivity index (χ3n) is 4.18. The Hall–Kier alpha value is -2.57. The lowest BCUT2D eigenvalue weighted by molar-refractivity contribution is -0.129. The summed E-state index contributed by atoms with van der Waals surface area (Å²) in [5, 5.41) is 8.19. The van der Waals surface area contributed by atoms with Crippen molar-refractivity contribution < 1.29 is 14.4 Å². The molecule has 0 bridgehead atoms. The zero-order valence-corrected chi connectivity index (χ0v) is 13.5. The van der Waals surface area contributed by atoms with E-state index in [1.54, 1.807) is 29.2 Å². The summed E-state index contributed by atoms with van der Waals surface area (Å²) < 4.78 is 0. The van der Waals surface area contributed by atoms with E-state index in [0.29, 0.717) is 17.3 Å². The molecular weight excluding hydrogens is 308 g/mol. The van der Waals surface area contributed by atoms with Gasteiger partial charge in [-0.3, -0.25) is 9.59 Å². The van der Waals surface area contributed by atoms with E-state index in [-0.39, 0.29) is 24.4 Å². The summed E-state index contributed by atoms with van der Waals surface area (Å²) in [4.78, 5) is 37.4. The van der Waals surface area contributed by atoms with Crippen LogP contribution in [0.5, 0.6) is 0 Å². The van der Waals surface area contributed by atoms with Crippen molar-refractivity contribution in [2.24, 2.45) is 0 Å². The molecule has 1 saturated carbocycles. The summed E-state index contributed by atoms with van der Waals surface area (Å²) in [5.74, 6) is -0.340. The number of hydrogen-bond acceptors (Lipinski definition) is 3. The summed E-state index contributed by atoms with van der Waals surface area (Å²) in [6.45, 7) is 1.57. The molecule has 2 aliphatic rings. The molecule has 3 rings (SSSR count). The van der Waals surface area contributed by atoms with E-state index in [1.165, 1.54) is 0 Å². The third-order valence-corrected chi connectivity index (χ3v) is 4.18. The Balaban J connectivity index is 1.46. The van der Waals surface area contributed by atoms with Crippen molar-refractivity contribution in [3.05, 3.63) is 29.8 Å². The summed E-state index contributed by atoms with van der Waals surface area (Å²) >= 11 is 0. The van der Waals surface area contributed by atoms with Gasteiger partial charge < -0.3 is 20.9 Å². The first-order chi connectivity index (χ1) is 11.6. The topological polar surface area (TPSA) is 90.5 Å². The van der Waals surface area contributed by atoms with E-state index in [1.807, 2.05) is 0 Å². The second-order valence-corrected chi connectivity index (χ2v) is 6.22. The average molecular weight is 330 g/mol. The highest BCUT2D eigenvalue weighted by Crippen LogP contribution is 2.19. The lowest BCUT2D eigenvalue weighted by Gasteiger charge is -2.15. The number of rotatable bonds is 5. The fourth-order valence-corrected chi connectivity index (χ4v) is 2.62. The molecule has 3 N–H and O–H groups in total. The summed E-state index contributed by atoms with van der Waals surface area (Å²) in [6.07, 6.45) is 4.12. The number of nitrogens with one attached hydrogen (secondary N) is 3. The SMILES string of the molecule is O=C(Nc1ccc(C(=O)NCC(=O)N2CCCC2)cc1)NC1CC1. The van der Waals surface area contributed by atoms with Gasteiger partial charge >= 0.3 is 6.03 Å². The van der Waals surface area contributed by atoms with E-state index in [9.17, 15) is 14.4 Å². The molecule has 0 spiro atoms. The van der Waals surface area contributed by atoms with Crippen LogP contribution >= 0.6 is 0 Å². The zero-order valence-electron chi connectivity index (χ0n) is 13.5. The van der Waals surface area contributed by atoms with Crippen LogP contribution in [0.4, 0.5) is 10.5 Å². The Morgan fingerprint density at radius 1 is 1.04 bits per heavy atom. The van der Waals surface area contributed by atoms with Crippen LogP contribution in [0.15, 0.2) is 24.3 Å². The maximum atomic E-state index is 12.1. The highest BCUT2D eigenvalue weighted by atomic mass is 16.2.